The summed E-state index contributed by atoms with van der Waals surface area (Å²) in [6.45, 7) is 0.113. The second-order valence-electron chi connectivity index (χ2n) is 7.54. The number of carbonyl (C=O) groups excluding carboxylic acids is 1. The van der Waals surface area contributed by atoms with Crippen LogP contribution in [0.2, 0.25) is 5.02 Å². The molecule has 0 aliphatic rings. The van der Waals surface area contributed by atoms with Crippen molar-refractivity contribution in [3.63, 3.8) is 0 Å². The van der Waals surface area contributed by atoms with Crippen molar-refractivity contribution in [3.8, 4) is 17.2 Å². The largest absolute Gasteiger partial charge is 0.497 e. The summed E-state index contributed by atoms with van der Waals surface area (Å²) in [7, 11) is -0.900. The Balaban J connectivity index is 1.48. The van der Waals surface area contributed by atoms with Crippen molar-refractivity contribution in [1.29, 1.82) is 0 Å². The van der Waals surface area contributed by atoms with E-state index in [1.54, 1.807) is 37.4 Å². The van der Waals surface area contributed by atoms with Gasteiger partial charge in [-0.05, 0) is 72.8 Å². The van der Waals surface area contributed by atoms with Crippen molar-refractivity contribution in [1.82, 2.24) is 0 Å². The molecule has 3 aromatic carbocycles. The molecule has 8 nitrogen and oxygen atoms in total. The lowest BCUT2D eigenvalue weighted by Gasteiger charge is -2.11. The first kappa shape index (κ1) is 25.2. The quantitative estimate of drug-likeness (QED) is 0.301. The number of hydrogen-bond acceptors (Lipinski definition) is 7. The van der Waals surface area contributed by atoms with Gasteiger partial charge in [-0.1, -0.05) is 11.6 Å². The molecule has 0 atom stereocenters. The lowest BCUT2D eigenvalue weighted by atomic mass is 10.3. The fourth-order valence-electron chi connectivity index (χ4n) is 3.26. The van der Waals surface area contributed by atoms with Crippen LogP contribution in [0.5, 0.6) is 17.2 Å². The molecule has 0 spiro atoms. The van der Waals surface area contributed by atoms with Gasteiger partial charge in [0.2, 0.25) is 9.84 Å². The zero-order valence-corrected chi connectivity index (χ0v) is 20.9. The van der Waals surface area contributed by atoms with Gasteiger partial charge in [-0.15, -0.1) is 0 Å². The lowest BCUT2D eigenvalue weighted by Crippen LogP contribution is -2.12. The standard InChI is InChI=1S/C26H22ClNO7S/c1-32-19-5-7-20(8-6-19)34-16-21-9-12-25(35-21)26(29)28-18-13-22(33-2)15-24(14-18)36(30,31)23-10-3-17(27)4-11-23/h3-15H,16H2,1-2H3,(H,28,29). The van der Waals surface area contributed by atoms with Gasteiger partial charge in [0.1, 0.15) is 29.6 Å². The molecular weight excluding hydrogens is 506 g/mol. The first-order chi connectivity index (χ1) is 17.3. The Hall–Kier alpha value is -3.95. The number of carbonyl (C=O) groups is 1. The lowest BCUT2D eigenvalue weighted by molar-refractivity contribution is 0.0992. The van der Waals surface area contributed by atoms with Crippen molar-refractivity contribution in [3.05, 3.63) is 95.4 Å². The summed E-state index contributed by atoms with van der Waals surface area (Å²) in [5.41, 5.74) is 0.222. The summed E-state index contributed by atoms with van der Waals surface area (Å²) >= 11 is 5.88. The molecule has 0 saturated carbocycles. The highest BCUT2D eigenvalue weighted by molar-refractivity contribution is 7.91. The van der Waals surface area contributed by atoms with Crippen LogP contribution in [0.3, 0.4) is 0 Å². The predicted octanol–water partition coefficient (Wildman–Crippen LogP) is 5.61. The van der Waals surface area contributed by atoms with Crippen LogP contribution in [0.1, 0.15) is 16.3 Å². The van der Waals surface area contributed by atoms with E-state index >= 15 is 0 Å². The number of furan rings is 1. The highest BCUT2D eigenvalue weighted by Gasteiger charge is 2.21. The number of rotatable bonds is 9. The smallest absolute Gasteiger partial charge is 0.291 e. The van der Waals surface area contributed by atoms with E-state index in [1.807, 2.05) is 0 Å². The fourth-order valence-corrected chi connectivity index (χ4v) is 4.71. The van der Waals surface area contributed by atoms with Crippen molar-refractivity contribution >= 4 is 33.0 Å². The number of benzene rings is 3. The molecule has 1 N–H and O–H groups in total. The molecule has 0 unspecified atom stereocenters. The van der Waals surface area contributed by atoms with Crippen LogP contribution >= 0.6 is 11.6 Å². The Kier molecular flexibility index (Phi) is 7.52. The number of methoxy groups -OCH3 is 2. The van der Waals surface area contributed by atoms with E-state index < -0.39 is 15.7 Å². The average Bonchev–Trinajstić information content (AvgIpc) is 3.37. The normalized spacial score (nSPS) is 11.1. The minimum atomic E-state index is -3.88. The monoisotopic (exact) mass is 527 g/mol. The Morgan fingerprint density at radius 1 is 0.833 bits per heavy atom. The van der Waals surface area contributed by atoms with Crippen molar-refractivity contribution in [2.24, 2.45) is 0 Å². The van der Waals surface area contributed by atoms with Crippen LogP contribution < -0.4 is 19.5 Å². The molecule has 10 heteroatoms. The molecule has 0 fully saturated rings. The molecular formula is C26H22ClNO7S. The van der Waals surface area contributed by atoms with Gasteiger partial charge in [-0.2, -0.15) is 0 Å². The highest BCUT2D eigenvalue weighted by Crippen LogP contribution is 2.29. The number of hydrogen-bond donors (Lipinski definition) is 1. The maximum Gasteiger partial charge on any atom is 0.291 e. The van der Waals surface area contributed by atoms with E-state index in [0.29, 0.717) is 22.3 Å². The second kappa shape index (κ2) is 10.8. The number of halogens is 1. The van der Waals surface area contributed by atoms with Crippen LogP contribution in [0.4, 0.5) is 5.69 Å². The molecule has 4 aromatic rings. The molecule has 0 aliphatic carbocycles. The Bertz CT molecular complexity index is 1460. The number of nitrogens with one attached hydrogen (secondary N) is 1. The topological polar surface area (TPSA) is 104 Å². The van der Waals surface area contributed by atoms with Crippen molar-refractivity contribution in [2.45, 2.75) is 16.4 Å². The predicted molar refractivity (Wildman–Crippen MR) is 134 cm³/mol. The molecule has 1 amide bonds. The second-order valence-corrected chi connectivity index (χ2v) is 9.92. The van der Waals surface area contributed by atoms with Crippen molar-refractivity contribution < 1.29 is 31.8 Å². The summed E-state index contributed by atoms with van der Waals surface area (Å²) in [5, 5.41) is 3.07. The van der Waals surface area contributed by atoms with Gasteiger partial charge in [0.05, 0.1) is 24.0 Å². The Labute approximate surface area is 213 Å². The van der Waals surface area contributed by atoms with Crippen LogP contribution in [0.15, 0.2) is 93.1 Å². The SMILES string of the molecule is COc1ccc(OCc2ccc(C(=O)Nc3cc(OC)cc(S(=O)(=O)c4ccc(Cl)cc4)c3)o2)cc1. The van der Waals surface area contributed by atoms with Gasteiger partial charge in [0.25, 0.3) is 5.91 Å². The summed E-state index contributed by atoms with van der Waals surface area (Å²) in [6.07, 6.45) is 0. The first-order valence-corrected chi connectivity index (χ1v) is 12.5. The summed E-state index contributed by atoms with van der Waals surface area (Å²) < 4.78 is 47.8. The van der Waals surface area contributed by atoms with Gasteiger partial charge in [-0.3, -0.25) is 4.79 Å². The zero-order chi connectivity index (χ0) is 25.7. The number of anilines is 1. The molecule has 1 heterocycles. The van der Waals surface area contributed by atoms with E-state index in [1.165, 1.54) is 55.6 Å². The maximum atomic E-state index is 13.1. The van der Waals surface area contributed by atoms with Crippen LogP contribution in [0, 0.1) is 0 Å². The zero-order valence-electron chi connectivity index (χ0n) is 19.4. The molecule has 1 aromatic heterocycles. The van der Waals surface area contributed by atoms with Gasteiger partial charge in [0, 0.05) is 16.8 Å². The molecule has 0 radical (unpaired) electrons. The van der Waals surface area contributed by atoms with Crippen LogP contribution in [0.25, 0.3) is 0 Å². The summed E-state index contributed by atoms with van der Waals surface area (Å²) in [6, 6.07) is 20.2. The Morgan fingerprint density at radius 3 is 2.17 bits per heavy atom. The first-order valence-electron chi connectivity index (χ1n) is 10.6. The molecule has 0 saturated heterocycles. The molecule has 4 rings (SSSR count). The van der Waals surface area contributed by atoms with Gasteiger partial charge < -0.3 is 23.9 Å². The van der Waals surface area contributed by atoms with E-state index in [-0.39, 0.29) is 33.6 Å². The summed E-state index contributed by atoms with van der Waals surface area (Å²) in [4.78, 5) is 12.8. The molecule has 36 heavy (non-hydrogen) atoms. The van der Waals surface area contributed by atoms with Gasteiger partial charge >= 0.3 is 0 Å². The Morgan fingerprint density at radius 2 is 1.50 bits per heavy atom. The number of ether oxygens (including phenoxy) is 3. The number of sulfone groups is 1. The minimum absolute atomic E-state index is 0.0354. The van der Waals surface area contributed by atoms with Crippen LogP contribution in [-0.2, 0) is 16.4 Å². The fraction of sp³-hybridized carbons (Fsp3) is 0.115. The van der Waals surface area contributed by atoms with E-state index in [2.05, 4.69) is 5.32 Å². The third-order valence-electron chi connectivity index (χ3n) is 5.13. The maximum absolute atomic E-state index is 13.1. The minimum Gasteiger partial charge on any atom is -0.497 e. The van der Waals surface area contributed by atoms with Crippen molar-refractivity contribution in [2.75, 3.05) is 19.5 Å². The molecule has 186 valence electrons. The average molecular weight is 528 g/mol. The highest BCUT2D eigenvalue weighted by atomic mass is 35.5. The summed E-state index contributed by atoms with van der Waals surface area (Å²) in [5.74, 6) is 1.49. The third-order valence-corrected chi connectivity index (χ3v) is 7.13. The van der Waals surface area contributed by atoms with E-state index in [9.17, 15) is 13.2 Å². The van der Waals surface area contributed by atoms with E-state index in [0.717, 1.165) is 0 Å². The van der Waals surface area contributed by atoms with Crippen LogP contribution in [-0.4, -0.2) is 28.5 Å². The third kappa shape index (κ3) is 5.81. The van der Waals surface area contributed by atoms with Gasteiger partial charge in [0.15, 0.2) is 5.76 Å². The molecule has 0 aliphatic heterocycles. The van der Waals surface area contributed by atoms with Gasteiger partial charge in [-0.25, -0.2) is 8.42 Å². The van der Waals surface area contributed by atoms with E-state index in [4.69, 9.17) is 30.2 Å². The molecule has 0 bridgehead atoms. The number of amides is 1.